The fourth-order valence-corrected chi connectivity index (χ4v) is 9.27. The van der Waals surface area contributed by atoms with E-state index in [1.807, 2.05) is 26.8 Å². The van der Waals surface area contributed by atoms with Crippen LogP contribution in [-0.2, 0) is 24.6 Å². The van der Waals surface area contributed by atoms with Crippen LogP contribution >= 0.6 is 23.2 Å². The summed E-state index contributed by atoms with van der Waals surface area (Å²) in [5, 5.41) is 13.2. The van der Waals surface area contributed by atoms with E-state index in [0.29, 0.717) is 33.2 Å². The van der Waals surface area contributed by atoms with Gasteiger partial charge in [0, 0.05) is 22.0 Å². The van der Waals surface area contributed by atoms with E-state index in [1.165, 1.54) is 31.3 Å². The molecule has 6 atom stereocenters. The highest BCUT2D eigenvalue weighted by Crippen LogP contribution is 2.66. The molecule has 0 unspecified atom stereocenters. The average molecular weight is 719 g/mol. The topological polar surface area (TPSA) is 125 Å². The smallest absolute Gasteiger partial charge is 0.260 e. The first-order valence-electron chi connectivity index (χ1n) is 16.4. The standard InChI is InChI=1S/C38H37Cl2N3O7/c1-37(2,3)42-33(45)23-15-14-22-24(30(23)35(42)47)18-25-34(46)43(41-27-16-11-20(39)17-26(27)40)36(48)38(25,19-9-12-21(49-4)13-10-19)32(22)31-28(44)7-6-8-29(31)50-5/h6-14,16-17,23-25,30,32,41,44H,15,18H2,1-5H3/t23-,24+,25-,30-,32+,38+/m0/s1. The van der Waals surface area contributed by atoms with Crippen LogP contribution in [0.3, 0.4) is 0 Å². The van der Waals surface area contributed by atoms with Crippen molar-refractivity contribution in [3.8, 4) is 17.2 Å². The van der Waals surface area contributed by atoms with Crippen LogP contribution in [-0.4, -0.2) is 58.4 Å². The summed E-state index contributed by atoms with van der Waals surface area (Å²) in [6.45, 7) is 5.47. The highest BCUT2D eigenvalue weighted by molar-refractivity contribution is 6.36. The Balaban J connectivity index is 1.50. The molecule has 50 heavy (non-hydrogen) atoms. The Bertz CT molecular complexity index is 1970. The number of methoxy groups -OCH3 is 2. The number of ether oxygens (including phenoxy) is 2. The van der Waals surface area contributed by atoms with Crippen molar-refractivity contribution < 1.29 is 33.8 Å². The van der Waals surface area contributed by atoms with Gasteiger partial charge in [-0.25, -0.2) is 0 Å². The predicted molar refractivity (Wildman–Crippen MR) is 187 cm³/mol. The second kappa shape index (κ2) is 12.1. The zero-order valence-electron chi connectivity index (χ0n) is 28.2. The van der Waals surface area contributed by atoms with Gasteiger partial charge in [0.15, 0.2) is 0 Å². The molecule has 4 amide bonds. The molecule has 7 rings (SSSR count). The van der Waals surface area contributed by atoms with Crippen molar-refractivity contribution in [2.75, 3.05) is 19.6 Å². The summed E-state index contributed by atoms with van der Waals surface area (Å²) in [5.41, 5.74) is 2.38. The van der Waals surface area contributed by atoms with Crippen LogP contribution in [0, 0.1) is 23.7 Å². The summed E-state index contributed by atoms with van der Waals surface area (Å²) in [5.74, 6) is -4.95. The lowest BCUT2D eigenvalue weighted by molar-refractivity contribution is -0.146. The van der Waals surface area contributed by atoms with Crippen molar-refractivity contribution in [2.45, 2.75) is 50.5 Å². The lowest BCUT2D eigenvalue weighted by Gasteiger charge is -2.50. The van der Waals surface area contributed by atoms with Crippen molar-refractivity contribution in [1.82, 2.24) is 9.91 Å². The van der Waals surface area contributed by atoms with E-state index in [9.17, 15) is 19.5 Å². The number of anilines is 1. The molecule has 0 bridgehead atoms. The van der Waals surface area contributed by atoms with Crippen LogP contribution in [0.4, 0.5) is 5.69 Å². The minimum atomic E-state index is -1.63. The SMILES string of the molecule is COc1ccc([C@@]23C(=O)N(Nc4ccc(Cl)cc4Cl)C(=O)[C@@H]2C[C@@H]2C(=CC[C@@H]4C(=O)N(C(C)(C)C)C(=O)[C@@H]42)[C@@H]3c2c(O)cccc2OC)cc1. The number of benzene rings is 3. The van der Waals surface area contributed by atoms with Gasteiger partial charge in [-0.1, -0.05) is 53.1 Å². The zero-order valence-corrected chi connectivity index (χ0v) is 29.7. The molecule has 3 aromatic carbocycles. The number of likely N-dealkylation sites (tertiary alicyclic amines) is 1. The third-order valence-electron chi connectivity index (χ3n) is 10.8. The summed E-state index contributed by atoms with van der Waals surface area (Å²) in [4.78, 5) is 59.7. The molecule has 0 aromatic heterocycles. The number of imide groups is 2. The highest BCUT2D eigenvalue weighted by Gasteiger charge is 2.71. The Kier molecular flexibility index (Phi) is 8.18. The van der Waals surface area contributed by atoms with Gasteiger partial charge in [-0.2, -0.15) is 5.01 Å². The first kappa shape index (κ1) is 33.9. The van der Waals surface area contributed by atoms with E-state index >= 15 is 4.79 Å². The number of nitrogens with zero attached hydrogens (tertiary/aromatic N) is 2. The molecule has 1 saturated carbocycles. The number of aromatic hydroxyl groups is 1. The van der Waals surface area contributed by atoms with Crippen molar-refractivity contribution in [2.24, 2.45) is 23.7 Å². The molecule has 3 fully saturated rings. The summed E-state index contributed by atoms with van der Waals surface area (Å²) in [6, 6.07) is 16.5. The number of fused-ring (bicyclic) bond motifs is 4. The Labute approximate surface area is 299 Å². The van der Waals surface area contributed by atoms with Crippen LogP contribution in [0.1, 0.15) is 50.7 Å². The third kappa shape index (κ3) is 4.82. The summed E-state index contributed by atoms with van der Waals surface area (Å²) in [7, 11) is 3.01. The van der Waals surface area contributed by atoms with Crippen LogP contribution in [0.2, 0.25) is 10.0 Å². The second-order valence-corrected chi connectivity index (χ2v) is 15.1. The third-order valence-corrected chi connectivity index (χ3v) is 11.4. The number of hydrazine groups is 1. The molecule has 2 N–H and O–H groups in total. The van der Waals surface area contributed by atoms with Gasteiger partial charge in [-0.3, -0.25) is 29.5 Å². The van der Waals surface area contributed by atoms with Gasteiger partial charge in [0.2, 0.25) is 11.8 Å². The Morgan fingerprint density at radius 2 is 1.62 bits per heavy atom. The van der Waals surface area contributed by atoms with E-state index in [-0.39, 0.29) is 41.1 Å². The molecule has 3 aromatic rings. The normalized spacial score (nSPS) is 27.5. The predicted octanol–water partition coefficient (Wildman–Crippen LogP) is 6.50. The van der Waals surface area contributed by atoms with Gasteiger partial charge < -0.3 is 14.6 Å². The molecule has 10 nitrogen and oxygen atoms in total. The maximum Gasteiger partial charge on any atom is 0.260 e. The van der Waals surface area contributed by atoms with Gasteiger partial charge in [0.1, 0.15) is 17.2 Å². The number of hydrogen-bond donors (Lipinski definition) is 2. The molecule has 2 saturated heterocycles. The lowest BCUT2D eigenvalue weighted by Crippen LogP contribution is -2.53. The van der Waals surface area contributed by atoms with Crippen LogP contribution in [0.25, 0.3) is 0 Å². The molecular formula is C38H37Cl2N3O7. The number of nitrogens with one attached hydrogen (secondary N) is 1. The van der Waals surface area contributed by atoms with E-state index in [0.717, 1.165) is 5.01 Å². The fourth-order valence-electron chi connectivity index (χ4n) is 8.82. The second-order valence-electron chi connectivity index (χ2n) is 14.3. The summed E-state index contributed by atoms with van der Waals surface area (Å²) >= 11 is 12.7. The first-order chi connectivity index (χ1) is 23.7. The molecule has 2 aliphatic heterocycles. The van der Waals surface area contributed by atoms with E-state index < -0.39 is 52.4 Å². The minimum Gasteiger partial charge on any atom is -0.508 e. The number of carbonyl (C=O) groups is 4. The molecule has 12 heteroatoms. The number of amides is 4. The number of rotatable bonds is 6. The van der Waals surface area contributed by atoms with Gasteiger partial charge in [0.05, 0.1) is 48.1 Å². The molecule has 0 radical (unpaired) electrons. The van der Waals surface area contributed by atoms with Crippen molar-refractivity contribution in [3.63, 3.8) is 0 Å². The van der Waals surface area contributed by atoms with E-state index in [2.05, 4.69) is 5.43 Å². The van der Waals surface area contributed by atoms with Gasteiger partial charge in [-0.15, -0.1) is 0 Å². The molecular weight excluding hydrogens is 681 g/mol. The maximum atomic E-state index is 15.4. The van der Waals surface area contributed by atoms with Crippen LogP contribution in [0.15, 0.2) is 72.3 Å². The van der Waals surface area contributed by atoms with Crippen molar-refractivity contribution >= 4 is 52.5 Å². The number of carbonyl (C=O) groups excluding carboxylic acids is 4. The van der Waals surface area contributed by atoms with E-state index in [4.69, 9.17) is 32.7 Å². The maximum absolute atomic E-state index is 15.4. The summed E-state index contributed by atoms with van der Waals surface area (Å²) in [6.07, 6.45) is 2.29. The Morgan fingerprint density at radius 3 is 2.26 bits per heavy atom. The summed E-state index contributed by atoms with van der Waals surface area (Å²) < 4.78 is 11.3. The largest absolute Gasteiger partial charge is 0.508 e. The lowest BCUT2D eigenvalue weighted by atomic mass is 9.49. The van der Waals surface area contributed by atoms with Gasteiger partial charge >= 0.3 is 0 Å². The molecule has 0 spiro atoms. The Morgan fingerprint density at radius 1 is 0.900 bits per heavy atom. The highest BCUT2D eigenvalue weighted by atomic mass is 35.5. The molecule has 4 aliphatic rings. The fraction of sp³-hybridized carbons (Fsp3) is 0.368. The zero-order chi connectivity index (χ0) is 35.9. The van der Waals surface area contributed by atoms with E-state index in [1.54, 1.807) is 48.5 Å². The molecule has 2 aliphatic carbocycles. The molecule has 260 valence electrons. The number of phenolic OH excluding ortho intramolecular Hbond substituents is 1. The number of halogens is 2. The minimum absolute atomic E-state index is 0.0968. The average Bonchev–Trinajstić information content (AvgIpc) is 3.47. The van der Waals surface area contributed by atoms with Crippen molar-refractivity contribution in [3.05, 3.63) is 93.5 Å². The number of phenols is 1. The number of hydrogen-bond acceptors (Lipinski definition) is 8. The number of allylic oxidation sites excluding steroid dienone is 2. The monoisotopic (exact) mass is 717 g/mol. The molecule has 2 heterocycles. The van der Waals surface area contributed by atoms with Gasteiger partial charge in [0.25, 0.3) is 11.8 Å². The first-order valence-corrected chi connectivity index (χ1v) is 17.2. The van der Waals surface area contributed by atoms with Crippen LogP contribution in [0.5, 0.6) is 17.2 Å². The van der Waals surface area contributed by atoms with Crippen LogP contribution < -0.4 is 14.9 Å². The quantitative estimate of drug-likeness (QED) is 0.219. The Hall–Kier alpha value is -4.54. The van der Waals surface area contributed by atoms with Gasteiger partial charge in [-0.05, 0) is 87.6 Å². The van der Waals surface area contributed by atoms with Crippen molar-refractivity contribution in [1.29, 1.82) is 0 Å².